The zero-order valence-corrected chi connectivity index (χ0v) is 19.0. The largest absolute Gasteiger partial charge is 0.389 e. The van der Waals surface area contributed by atoms with E-state index in [2.05, 4.69) is 5.32 Å². The highest BCUT2D eigenvalue weighted by Crippen LogP contribution is 2.14. The van der Waals surface area contributed by atoms with Crippen LogP contribution in [0.4, 0.5) is 0 Å². The first-order chi connectivity index (χ1) is 14.1. The SMILES string of the molecule is Cl.Cl.NC(Cc1ccccc1)C(O)C(O)C(Cc1ccccc1)NCc1ccccc1. The van der Waals surface area contributed by atoms with E-state index in [-0.39, 0.29) is 30.9 Å². The molecule has 3 aromatic rings. The van der Waals surface area contributed by atoms with E-state index in [9.17, 15) is 10.2 Å². The molecule has 4 nitrogen and oxygen atoms in total. The van der Waals surface area contributed by atoms with Crippen LogP contribution >= 0.6 is 24.8 Å². The van der Waals surface area contributed by atoms with Crippen molar-refractivity contribution in [2.24, 2.45) is 5.73 Å². The van der Waals surface area contributed by atoms with Crippen molar-refractivity contribution in [3.63, 3.8) is 0 Å². The summed E-state index contributed by atoms with van der Waals surface area (Å²) in [5, 5.41) is 25.2. The molecular weight excluding hydrogens is 431 g/mol. The fourth-order valence-corrected chi connectivity index (χ4v) is 3.52. The van der Waals surface area contributed by atoms with E-state index < -0.39 is 18.2 Å². The molecule has 0 saturated heterocycles. The van der Waals surface area contributed by atoms with Gasteiger partial charge >= 0.3 is 0 Å². The van der Waals surface area contributed by atoms with E-state index in [1.807, 2.05) is 91.0 Å². The molecule has 0 aliphatic rings. The van der Waals surface area contributed by atoms with Gasteiger partial charge in [-0.2, -0.15) is 0 Å². The quantitative estimate of drug-likeness (QED) is 0.371. The summed E-state index contributed by atoms with van der Waals surface area (Å²) in [6, 6.07) is 29.0. The Kier molecular flexibility index (Phi) is 12.4. The van der Waals surface area contributed by atoms with Crippen LogP contribution in [0.5, 0.6) is 0 Å². The van der Waals surface area contributed by atoms with Gasteiger partial charge in [0.1, 0.15) is 0 Å². The minimum atomic E-state index is -1.04. The molecule has 5 N–H and O–H groups in total. The summed E-state index contributed by atoms with van der Waals surface area (Å²) in [4.78, 5) is 0. The van der Waals surface area contributed by atoms with Crippen molar-refractivity contribution < 1.29 is 10.2 Å². The summed E-state index contributed by atoms with van der Waals surface area (Å²) < 4.78 is 0. The normalized spacial score (nSPS) is 14.4. The number of hydrogen-bond acceptors (Lipinski definition) is 4. The van der Waals surface area contributed by atoms with E-state index in [0.29, 0.717) is 19.4 Å². The molecule has 3 aromatic carbocycles. The lowest BCUT2D eigenvalue weighted by molar-refractivity contribution is -0.0175. The summed E-state index contributed by atoms with van der Waals surface area (Å²) in [6.07, 6.45) is -0.912. The molecule has 31 heavy (non-hydrogen) atoms. The highest BCUT2D eigenvalue weighted by molar-refractivity contribution is 5.85. The predicted octanol–water partition coefficient (Wildman–Crippen LogP) is 3.52. The first-order valence-corrected chi connectivity index (χ1v) is 10.1. The molecule has 0 spiro atoms. The molecule has 168 valence electrons. The van der Waals surface area contributed by atoms with E-state index in [1.54, 1.807) is 0 Å². The number of hydrogen-bond donors (Lipinski definition) is 4. The third-order valence-electron chi connectivity index (χ3n) is 5.22. The summed E-state index contributed by atoms with van der Waals surface area (Å²) >= 11 is 0. The predicted molar refractivity (Wildman–Crippen MR) is 132 cm³/mol. The van der Waals surface area contributed by atoms with Crippen LogP contribution < -0.4 is 11.1 Å². The van der Waals surface area contributed by atoms with Gasteiger partial charge in [-0.1, -0.05) is 91.0 Å². The second kappa shape index (κ2) is 14.2. The first-order valence-electron chi connectivity index (χ1n) is 10.1. The number of aliphatic hydroxyl groups is 2. The molecule has 0 aliphatic heterocycles. The molecule has 0 saturated carbocycles. The Morgan fingerprint density at radius 2 is 1.03 bits per heavy atom. The van der Waals surface area contributed by atoms with Crippen molar-refractivity contribution in [3.05, 3.63) is 108 Å². The minimum Gasteiger partial charge on any atom is -0.389 e. The molecule has 6 heteroatoms. The van der Waals surface area contributed by atoms with E-state index in [0.717, 1.165) is 16.7 Å². The van der Waals surface area contributed by atoms with Crippen LogP contribution in [0.3, 0.4) is 0 Å². The monoisotopic (exact) mass is 462 g/mol. The van der Waals surface area contributed by atoms with Crippen molar-refractivity contribution in [3.8, 4) is 0 Å². The van der Waals surface area contributed by atoms with Gasteiger partial charge < -0.3 is 21.3 Å². The number of nitrogens with one attached hydrogen (secondary N) is 1. The van der Waals surface area contributed by atoms with Gasteiger partial charge in [0.25, 0.3) is 0 Å². The Morgan fingerprint density at radius 1 is 0.613 bits per heavy atom. The number of nitrogens with two attached hydrogens (primary N) is 1. The third-order valence-corrected chi connectivity index (χ3v) is 5.22. The highest BCUT2D eigenvalue weighted by atomic mass is 35.5. The lowest BCUT2D eigenvalue weighted by Gasteiger charge is -2.31. The molecule has 3 rings (SSSR count). The van der Waals surface area contributed by atoms with Gasteiger partial charge in [-0.25, -0.2) is 0 Å². The molecule has 4 unspecified atom stereocenters. The minimum absolute atomic E-state index is 0. The molecule has 0 aliphatic carbocycles. The maximum atomic E-state index is 11.0. The molecule has 0 fully saturated rings. The maximum Gasteiger partial charge on any atom is 0.0970 e. The standard InChI is InChI=1S/C25H30N2O2.2ClH/c26-22(16-19-10-4-1-5-11-19)24(28)25(29)23(17-20-12-6-2-7-13-20)27-18-21-14-8-3-9-15-21;;/h1-15,22-25,27-29H,16-18,26H2;2*1H. The zero-order valence-electron chi connectivity index (χ0n) is 17.4. The van der Waals surface area contributed by atoms with E-state index in [4.69, 9.17) is 5.73 Å². The average molecular weight is 463 g/mol. The lowest BCUT2D eigenvalue weighted by atomic mass is 9.91. The van der Waals surface area contributed by atoms with Gasteiger partial charge in [0.05, 0.1) is 12.2 Å². The van der Waals surface area contributed by atoms with Gasteiger partial charge in [-0.05, 0) is 29.5 Å². The molecule has 0 amide bonds. The number of aliphatic hydroxyl groups excluding tert-OH is 2. The summed E-state index contributed by atoms with van der Waals surface area (Å²) in [7, 11) is 0. The van der Waals surface area contributed by atoms with Crippen LogP contribution in [0.2, 0.25) is 0 Å². The van der Waals surface area contributed by atoms with Crippen molar-refractivity contribution in [1.29, 1.82) is 0 Å². The van der Waals surface area contributed by atoms with Crippen molar-refractivity contribution >= 4 is 24.8 Å². The Morgan fingerprint density at radius 3 is 1.52 bits per heavy atom. The van der Waals surface area contributed by atoms with Crippen molar-refractivity contribution in [2.75, 3.05) is 0 Å². The molecule has 0 bridgehead atoms. The van der Waals surface area contributed by atoms with E-state index in [1.165, 1.54) is 0 Å². The Bertz CT molecular complexity index is 838. The van der Waals surface area contributed by atoms with Crippen LogP contribution in [0.1, 0.15) is 16.7 Å². The summed E-state index contributed by atoms with van der Waals surface area (Å²) in [6.45, 7) is 0.607. The molecule has 0 radical (unpaired) electrons. The Hall–Kier alpha value is -1.92. The van der Waals surface area contributed by atoms with Gasteiger partial charge in [0.15, 0.2) is 0 Å². The Labute approximate surface area is 197 Å². The van der Waals surface area contributed by atoms with Crippen LogP contribution in [0.25, 0.3) is 0 Å². The highest BCUT2D eigenvalue weighted by Gasteiger charge is 2.30. The molecule has 0 heterocycles. The van der Waals surface area contributed by atoms with Crippen molar-refractivity contribution in [1.82, 2.24) is 5.32 Å². The van der Waals surface area contributed by atoms with Gasteiger partial charge in [-0.3, -0.25) is 0 Å². The second-order valence-electron chi connectivity index (χ2n) is 7.50. The number of rotatable bonds is 10. The van der Waals surface area contributed by atoms with Crippen molar-refractivity contribution in [2.45, 2.75) is 43.7 Å². The second-order valence-corrected chi connectivity index (χ2v) is 7.50. The molecule has 4 atom stereocenters. The van der Waals surface area contributed by atoms with Gasteiger partial charge in [0.2, 0.25) is 0 Å². The van der Waals surface area contributed by atoms with Gasteiger partial charge in [0, 0.05) is 18.6 Å². The first kappa shape index (κ1) is 27.1. The number of halogens is 2. The average Bonchev–Trinajstić information content (AvgIpc) is 2.77. The van der Waals surface area contributed by atoms with Crippen LogP contribution in [-0.4, -0.2) is 34.5 Å². The fourth-order valence-electron chi connectivity index (χ4n) is 3.52. The molecular formula is C25H32Cl2N2O2. The van der Waals surface area contributed by atoms with Crippen LogP contribution in [0.15, 0.2) is 91.0 Å². The Balaban J connectivity index is 0.00000240. The summed E-state index contributed by atoms with van der Waals surface area (Å²) in [5.41, 5.74) is 9.52. The number of benzene rings is 3. The topological polar surface area (TPSA) is 78.5 Å². The fraction of sp³-hybridized carbons (Fsp3) is 0.280. The maximum absolute atomic E-state index is 11.0. The third kappa shape index (κ3) is 8.62. The van der Waals surface area contributed by atoms with Crippen LogP contribution in [-0.2, 0) is 19.4 Å². The molecule has 0 aromatic heterocycles. The van der Waals surface area contributed by atoms with E-state index >= 15 is 0 Å². The summed E-state index contributed by atoms with van der Waals surface area (Å²) in [5.74, 6) is 0. The van der Waals surface area contributed by atoms with Crippen LogP contribution in [0, 0.1) is 0 Å². The van der Waals surface area contributed by atoms with Gasteiger partial charge in [-0.15, -0.1) is 24.8 Å². The zero-order chi connectivity index (χ0) is 20.5. The lowest BCUT2D eigenvalue weighted by Crippen LogP contribution is -2.54. The smallest absolute Gasteiger partial charge is 0.0970 e.